The minimum atomic E-state index is 0.304. The van der Waals surface area contributed by atoms with E-state index in [-0.39, 0.29) is 0 Å². The van der Waals surface area contributed by atoms with Crippen LogP contribution in [0.2, 0.25) is 0 Å². The van der Waals surface area contributed by atoms with Crippen molar-refractivity contribution in [2.75, 3.05) is 17.6 Å². The van der Waals surface area contributed by atoms with Crippen LogP contribution in [-0.2, 0) is 0 Å². The molecule has 0 saturated carbocycles. The highest BCUT2D eigenvalue weighted by molar-refractivity contribution is 5.83. The first-order valence-corrected chi connectivity index (χ1v) is 10.2. The number of nitrogens with two attached hydrogens (primary N) is 1. The van der Waals surface area contributed by atoms with Crippen LogP contribution in [0.3, 0.4) is 0 Å². The molecule has 0 amide bonds. The summed E-state index contributed by atoms with van der Waals surface area (Å²) in [6, 6.07) is 16.1. The zero-order valence-electron chi connectivity index (χ0n) is 17.5. The van der Waals surface area contributed by atoms with E-state index in [4.69, 9.17) is 5.73 Å². The van der Waals surface area contributed by atoms with E-state index in [1.165, 1.54) is 5.56 Å². The predicted molar refractivity (Wildman–Crippen MR) is 122 cm³/mol. The second-order valence-electron chi connectivity index (χ2n) is 7.78. The van der Waals surface area contributed by atoms with Crippen LogP contribution in [0.5, 0.6) is 0 Å². The smallest absolute Gasteiger partial charge is 0.129 e. The summed E-state index contributed by atoms with van der Waals surface area (Å²) in [5, 5.41) is 4.57. The van der Waals surface area contributed by atoms with E-state index in [9.17, 15) is 0 Å². The van der Waals surface area contributed by atoms with Crippen LogP contribution in [0.15, 0.2) is 61.1 Å². The predicted octanol–water partition coefficient (Wildman–Crippen LogP) is 4.83. The topological polar surface area (TPSA) is 89.6 Å². The van der Waals surface area contributed by atoms with Crippen LogP contribution in [0.4, 0.5) is 11.6 Å². The molecule has 0 fully saturated rings. The lowest BCUT2D eigenvalue weighted by atomic mass is 9.87. The normalized spacial score (nSPS) is 13.2. The van der Waals surface area contributed by atoms with Gasteiger partial charge in [0.2, 0.25) is 0 Å². The molecule has 0 saturated heterocycles. The molecular formula is C24H26N6. The lowest BCUT2D eigenvalue weighted by Crippen LogP contribution is -2.18. The van der Waals surface area contributed by atoms with Crippen LogP contribution in [-0.4, -0.2) is 26.5 Å². The molecule has 4 aromatic rings. The monoisotopic (exact) mass is 398 g/mol. The Labute approximate surface area is 176 Å². The van der Waals surface area contributed by atoms with Gasteiger partial charge in [-0.3, -0.25) is 4.98 Å². The van der Waals surface area contributed by atoms with E-state index in [1.54, 1.807) is 6.33 Å². The van der Waals surface area contributed by atoms with E-state index in [0.29, 0.717) is 17.7 Å². The maximum absolute atomic E-state index is 5.93. The highest BCUT2D eigenvalue weighted by Gasteiger charge is 2.18. The number of anilines is 2. The van der Waals surface area contributed by atoms with Gasteiger partial charge >= 0.3 is 0 Å². The average Bonchev–Trinajstić information content (AvgIpc) is 2.77. The van der Waals surface area contributed by atoms with Gasteiger partial charge in [0.1, 0.15) is 18.0 Å². The molecule has 0 radical (unpaired) electrons. The van der Waals surface area contributed by atoms with E-state index < -0.39 is 0 Å². The van der Waals surface area contributed by atoms with Gasteiger partial charge in [-0.1, -0.05) is 32.0 Å². The van der Waals surface area contributed by atoms with E-state index in [0.717, 1.165) is 40.2 Å². The standard InChI is InChI=1S/C24H26N6/c1-15(17(3)20-6-4-5-18-9-10-22(25)30-24(18)20)12-27-23-11-21(28-14-29-23)19-8-7-16(2)26-13-19/h4-11,13-15,17H,12H2,1-3H3,(H2,25,30)(H,27,28,29). The van der Waals surface area contributed by atoms with Crippen molar-refractivity contribution < 1.29 is 0 Å². The highest BCUT2D eigenvalue weighted by Crippen LogP contribution is 2.30. The number of hydrogen-bond donors (Lipinski definition) is 2. The van der Waals surface area contributed by atoms with Gasteiger partial charge in [0.25, 0.3) is 0 Å². The third-order valence-corrected chi connectivity index (χ3v) is 5.60. The van der Waals surface area contributed by atoms with Gasteiger partial charge < -0.3 is 11.1 Å². The van der Waals surface area contributed by atoms with Gasteiger partial charge in [-0.05, 0) is 48.6 Å². The molecule has 3 N–H and O–H groups in total. The number of fused-ring (bicyclic) bond motifs is 1. The maximum Gasteiger partial charge on any atom is 0.129 e. The summed E-state index contributed by atoms with van der Waals surface area (Å²) in [4.78, 5) is 17.7. The summed E-state index contributed by atoms with van der Waals surface area (Å²) < 4.78 is 0. The molecule has 6 heteroatoms. The molecule has 1 aromatic carbocycles. The molecule has 3 aromatic heterocycles. The molecular weight excluding hydrogens is 372 g/mol. The van der Waals surface area contributed by atoms with Gasteiger partial charge in [0.05, 0.1) is 11.2 Å². The molecule has 0 spiro atoms. The third-order valence-electron chi connectivity index (χ3n) is 5.60. The number of hydrogen-bond acceptors (Lipinski definition) is 6. The van der Waals surface area contributed by atoms with Crippen molar-refractivity contribution in [1.29, 1.82) is 0 Å². The Morgan fingerprint density at radius 3 is 2.67 bits per heavy atom. The lowest BCUT2D eigenvalue weighted by Gasteiger charge is -2.22. The van der Waals surface area contributed by atoms with Crippen LogP contribution in [0.25, 0.3) is 22.2 Å². The van der Waals surface area contributed by atoms with Crippen LogP contribution >= 0.6 is 0 Å². The SMILES string of the molecule is Cc1ccc(-c2cc(NCC(C)C(C)c3cccc4ccc(N)nc34)ncn2)cn1. The molecule has 152 valence electrons. The summed E-state index contributed by atoms with van der Waals surface area (Å²) in [7, 11) is 0. The zero-order valence-corrected chi connectivity index (χ0v) is 17.5. The molecule has 6 nitrogen and oxygen atoms in total. The van der Waals surface area contributed by atoms with Gasteiger partial charge in [-0.2, -0.15) is 0 Å². The molecule has 0 aliphatic heterocycles. The summed E-state index contributed by atoms with van der Waals surface area (Å²) in [6.45, 7) is 7.21. The Balaban J connectivity index is 1.49. The first kappa shape index (κ1) is 19.8. The first-order valence-electron chi connectivity index (χ1n) is 10.2. The molecule has 0 bridgehead atoms. The summed E-state index contributed by atoms with van der Waals surface area (Å²) in [5.41, 5.74) is 10.9. The highest BCUT2D eigenvalue weighted by atomic mass is 15.0. The largest absolute Gasteiger partial charge is 0.384 e. The number of nitrogens with one attached hydrogen (secondary N) is 1. The van der Waals surface area contributed by atoms with Crippen molar-refractivity contribution in [2.24, 2.45) is 5.92 Å². The summed E-state index contributed by atoms with van der Waals surface area (Å²) >= 11 is 0. The summed E-state index contributed by atoms with van der Waals surface area (Å²) in [5.74, 6) is 2.02. The quantitative estimate of drug-likeness (QED) is 0.483. The second-order valence-corrected chi connectivity index (χ2v) is 7.78. The Kier molecular flexibility index (Phi) is 5.57. The third kappa shape index (κ3) is 4.22. The van der Waals surface area contributed by atoms with Crippen molar-refractivity contribution in [3.63, 3.8) is 0 Å². The number of pyridine rings is 2. The van der Waals surface area contributed by atoms with Crippen molar-refractivity contribution in [2.45, 2.75) is 26.7 Å². The fourth-order valence-electron chi connectivity index (χ4n) is 3.53. The number of aryl methyl sites for hydroxylation is 1. The molecule has 0 aliphatic rings. The maximum atomic E-state index is 5.93. The van der Waals surface area contributed by atoms with E-state index in [1.807, 2.05) is 43.5 Å². The Morgan fingerprint density at radius 2 is 1.87 bits per heavy atom. The van der Waals surface area contributed by atoms with Gasteiger partial charge in [0.15, 0.2) is 0 Å². The average molecular weight is 399 g/mol. The number of rotatable bonds is 6. The fraction of sp³-hybridized carbons (Fsp3) is 0.250. The van der Waals surface area contributed by atoms with Crippen LogP contribution in [0.1, 0.15) is 31.0 Å². The van der Waals surface area contributed by atoms with Gasteiger partial charge in [-0.25, -0.2) is 15.0 Å². The Hall–Kier alpha value is -3.54. The number of para-hydroxylation sites is 1. The number of benzene rings is 1. The number of nitrogen functional groups attached to an aromatic ring is 1. The van der Waals surface area contributed by atoms with E-state index in [2.05, 4.69) is 57.3 Å². The number of nitrogens with zero attached hydrogens (tertiary/aromatic N) is 4. The number of aromatic nitrogens is 4. The van der Waals surface area contributed by atoms with Crippen molar-refractivity contribution in [1.82, 2.24) is 19.9 Å². The Morgan fingerprint density at radius 1 is 1.00 bits per heavy atom. The van der Waals surface area contributed by atoms with Crippen LogP contribution in [0, 0.1) is 12.8 Å². The molecule has 4 rings (SSSR count). The van der Waals surface area contributed by atoms with Gasteiger partial charge in [-0.15, -0.1) is 0 Å². The summed E-state index contributed by atoms with van der Waals surface area (Å²) in [6.07, 6.45) is 3.42. The zero-order chi connectivity index (χ0) is 21.1. The fourth-order valence-corrected chi connectivity index (χ4v) is 3.53. The first-order chi connectivity index (χ1) is 14.5. The minimum absolute atomic E-state index is 0.304. The Bertz CT molecular complexity index is 1160. The lowest BCUT2D eigenvalue weighted by molar-refractivity contribution is 0.513. The molecule has 0 aliphatic carbocycles. The molecule has 2 atom stereocenters. The van der Waals surface area contributed by atoms with Crippen molar-refractivity contribution in [3.8, 4) is 11.3 Å². The van der Waals surface area contributed by atoms with Crippen molar-refractivity contribution in [3.05, 3.63) is 72.3 Å². The molecule has 3 heterocycles. The molecule has 2 unspecified atom stereocenters. The van der Waals surface area contributed by atoms with E-state index >= 15 is 0 Å². The van der Waals surface area contributed by atoms with Crippen LogP contribution < -0.4 is 11.1 Å². The molecule has 30 heavy (non-hydrogen) atoms. The van der Waals surface area contributed by atoms with Crippen molar-refractivity contribution >= 4 is 22.5 Å². The second kappa shape index (κ2) is 8.45. The van der Waals surface area contributed by atoms with Gasteiger partial charge in [0, 0.05) is 35.5 Å². The minimum Gasteiger partial charge on any atom is -0.384 e.